The minimum atomic E-state index is 0. The molecule has 0 atom stereocenters. The van der Waals surface area contributed by atoms with Gasteiger partial charge in [0.15, 0.2) is 0 Å². The maximum absolute atomic E-state index is 2.57. The van der Waals surface area contributed by atoms with E-state index in [2.05, 4.69) is 33.3 Å². The summed E-state index contributed by atoms with van der Waals surface area (Å²) in [7, 11) is 4.87. The first kappa shape index (κ1) is 37.4. The van der Waals surface area contributed by atoms with Gasteiger partial charge < -0.3 is 43.8 Å². The summed E-state index contributed by atoms with van der Waals surface area (Å²) in [6.45, 7) is 9.95. The Labute approximate surface area is 225 Å². The van der Waals surface area contributed by atoms with Gasteiger partial charge in [-0.2, -0.15) is 0 Å². The van der Waals surface area contributed by atoms with Crippen LogP contribution in [-0.2, 0) is 0 Å². The zero-order chi connectivity index (χ0) is 22.2. The van der Waals surface area contributed by atoms with Crippen molar-refractivity contribution < 1.29 is 43.8 Å². The fraction of sp³-hybridized carbons (Fsp3) is 1.00. The van der Waals surface area contributed by atoms with Crippen molar-refractivity contribution in [2.24, 2.45) is 0 Å². The van der Waals surface area contributed by atoms with E-state index in [9.17, 15) is 0 Å². The molecule has 4 heteroatoms. The molecule has 2 N–H and O–H groups in total. The second-order valence-electron chi connectivity index (χ2n) is 10.6. The van der Waals surface area contributed by atoms with Gasteiger partial charge in [0.1, 0.15) is 13.1 Å². The summed E-state index contributed by atoms with van der Waals surface area (Å²) in [5.41, 5.74) is 0. The number of rotatable bonds is 25. The van der Waals surface area contributed by atoms with Crippen LogP contribution in [0.25, 0.3) is 0 Å². The lowest BCUT2D eigenvalue weighted by atomic mass is 10.1. The van der Waals surface area contributed by atoms with E-state index in [1.165, 1.54) is 159 Å². The highest BCUT2D eigenvalue weighted by atomic mass is 79.9. The number of nitrogens with zero attached hydrogens (tertiary/aromatic N) is 1. The predicted octanol–water partition coefficient (Wildman–Crippen LogP) is 1.48. The highest BCUT2D eigenvalue weighted by molar-refractivity contribution is 4.48. The number of unbranched alkanes of at least 4 members (excludes halogenated alkanes) is 18. The summed E-state index contributed by atoms with van der Waals surface area (Å²) in [5.74, 6) is 0. The smallest absolute Gasteiger partial charge is 0.128 e. The van der Waals surface area contributed by atoms with Crippen LogP contribution >= 0.6 is 0 Å². The molecule has 0 aromatic heterocycles. The molecule has 0 aromatic carbocycles. The third kappa shape index (κ3) is 30.9. The van der Waals surface area contributed by atoms with Gasteiger partial charge in [0.05, 0.1) is 27.2 Å². The van der Waals surface area contributed by atoms with E-state index in [1.807, 2.05) is 0 Å². The third-order valence-corrected chi connectivity index (χ3v) is 6.82. The Hall–Kier alpha value is 0.880. The van der Waals surface area contributed by atoms with Crippen LogP contribution < -0.4 is 39.3 Å². The topological polar surface area (TPSA) is 16.6 Å². The Bertz CT molecular complexity index is 325. The summed E-state index contributed by atoms with van der Waals surface area (Å²) < 4.78 is 1.21. The zero-order valence-electron chi connectivity index (χ0n) is 22.8. The van der Waals surface area contributed by atoms with E-state index in [0.29, 0.717) is 0 Å². The van der Waals surface area contributed by atoms with E-state index in [1.54, 1.807) is 0 Å². The average Bonchev–Trinajstić information content (AvgIpc) is 2.72. The van der Waals surface area contributed by atoms with Crippen LogP contribution in [0.5, 0.6) is 0 Å². The zero-order valence-corrected chi connectivity index (χ0v) is 25.9. The summed E-state index contributed by atoms with van der Waals surface area (Å²) in [6.07, 6.45) is 28.9. The Morgan fingerprint density at radius 1 is 0.406 bits per heavy atom. The SMILES string of the molecule is CCCCCCCCCCCC[NH2+]CC[N+](C)(C)CCCCCCCCCCCC.[Br-].[Br-]. The lowest BCUT2D eigenvalue weighted by molar-refractivity contribution is -0.903. The summed E-state index contributed by atoms with van der Waals surface area (Å²) in [5, 5.41) is 2.57. The molecule has 0 aliphatic carbocycles. The van der Waals surface area contributed by atoms with E-state index in [4.69, 9.17) is 0 Å². The van der Waals surface area contributed by atoms with Gasteiger partial charge in [-0.25, -0.2) is 0 Å². The molecule has 0 amide bonds. The van der Waals surface area contributed by atoms with Crippen molar-refractivity contribution in [2.75, 3.05) is 40.3 Å². The first-order valence-corrected chi connectivity index (χ1v) is 14.3. The largest absolute Gasteiger partial charge is 1.00 e. The van der Waals surface area contributed by atoms with Gasteiger partial charge in [0.2, 0.25) is 0 Å². The molecular formula is C28H62Br2N2. The van der Waals surface area contributed by atoms with Gasteiger partial charge in [0.25, 0.3) is 0 Å². The molecule has 0 aliphatic rings. The number of hydrogen-bond donors (Lipinski definition) is 1. The monoisotopic (exact) mass is 584 g/mol. The molecule has 0 saturated heterocycles. The number of nitrogens with two attached hydrogens (primary N) is 1. The quantitative estimate of drug-likeness (QED) is 0.123. The second-order valence-corrected chi connectivity index (χ2v) is 10.6. The van der Waals surface area contributed by atoms with Gasteiger partial charge >= 0.3 is 0 Å². The van der Waals surface area contributed by atoms with Crippen LogP contribution in [0, 0.1) is 0 Å². The highest BCUT2D eigenvalue weighted by Crippen LogP contribution is 2.12. The van der Waals surface area contributed by atoms with Crippen molar-refractivity contribution in [1.82, 2.24) is 0 Å². The predicted molar refractivity (Wildman–Crippen MR) is 137 cm³/mol. The number of hydrogen-bond acceptors (Lipinski definition) is 0. The molecule has 2 nitrogen and oxygen atoms in total. The Morgan fingerprint density at radius 3 is 1.16 bits per heavy atom. The molecule has 0 saturated carbocycles. The maximum atomic E-state index is 2.57. The third-order valence-electron chi connectivity index (χ3n) is 6.82. The van der Waals surface area contributed by atoms with Crippen LogP contribution in [-0.4, -0.2) is 44.8 Å². The van der Waals surface area contributed by atoms with Crippen LogP contribution in [0.3, 0.4) is 0 Å². The van der Waals surface area contributed by atoms with Gasteiger partial charge in [-0.15, -0.1) is 0 Å². The molecule has 0 spiro atoms. The van der Waals surface area contributed by atoms with Gasteiger partial charge in [-0.1, -0.05) is 117 Å². The minimum absolute atomic E-state index is 0. The lowest BCUT2D eigenvalue weighted by Crippen LogP contribution is -3.00. The van der Waals surface area contributed by atoms with Crippen molar-refractivity contribution in [1.29, 1.82) is 0 Å². The van der Waals surface area contributed by atoms with E-state index >= 15 is 0 Å². The maximum Gasteiger partial charge on any atom is 0.128 e. The average molecular weight is 587 g/mol. The molecule has 0 fully saturated rings. The molecule has 0 heterocycles. The Morgan fingerprint density at radius 2 is 0.750 bits per heavy atom. The van der Waals surface area contributed by atoms with Crippen LogP contribution in [0.1, 0.15) is 142 Å². The lowest BCUT2D eigenvalue weighted by Gasteiger charge is -2.29. The standard InChI is InChI=1S/C28H61N2.2BrH/c1-5-7-9-11-13-15-17-19-21-23-25-29-26-28-30(3,4)27-24-22-20-18-16-14-12-10-8-6-2;;/h29H,5-28H2,1-4H3;2*1H/q+1;;/p-1. The molecule has 0 aromatic rings. The summed E-state index contributed by atoms with van der Waals surface area (Å²) >= 11 is 0. The molecule has 198 valence electrons. The molecule has 0 radical (unpaired) electrons. The summed E-state index contributed by atoms with van der Waals surface area (Å²) in [4.78, 5) is 0. The van der Waals surface area contributed by atoms with Crippen molar-refractivity contribution in [2.45, 2.75) is 142 Å². The molecule has 0 unspecified atom stereocenters. The van der Waals surface area contributed by atoms with Gasteiger partial charge in [-0.3, -0.25) is 0 Å². The molecule has 32 heavy (non-hydrogen) atoms. The van der Waals surface area contributed by atoms with Gasteiger partial charge in [-0.05, 0) is 25.7 Å². The highest BCUT2D eigenvalue weighted by Gasteiger charge is 2.14. The van der Waals surface area contributed by atoms with Crippen molar-refractivity contribution in [3.05, 3.63) is 0 Å². The van der Waals surface area contributed by atoms with Crippen molar-refractivity contribution in [3.8, 4) is 0 Å². The first-order chi connectivity index (χ1) is 14.6. The van der Waals surface area contributed by atoms with E-state index < -0.39 is 0 Å². The van der Waals surface area contributed by atoms with E-state index in [-0.39, 0.29) is 34.0 Å². The van der Waals surface area contributed by atoms with Gasteiger partial charge in [0, 0.05) is 0 Å². The summed E-state index contributed by atoms with van der Waals surface area (Å²) in [6, 6.07) is 0. The first-order valence-electron chi connectivity index (χ1n) is 14.3. The second kappa shape index (κ2) is 29.9. The van der Waals surface area contributed by atoms with E-state index in [0.717, 1.165) is 0 Å². The Balaban J connectivity index is -0.00000420. The fourth-order valence-electron chi connectivity index (χ4n) is 4.50. The molecular weight excluding hydrogens is 524 g/mol. The molecule has 0 bridgehead atoms. The van der Waals surface area contributed by atoms with Crippen LogP contribution in [0.2, 0.25) is 0 Å². The van der Waals surface area contributed by atoms with Crippen molar-refractivity contribution in [3.63, 3.8) is 0 Å². The van der Waals surface area contributed by atoms with Crippen LogP contribution in [0.15, 0.2) is 0 Å². The molecule has 0 rings (SSSR count). The van der Waals surface area contributed by atoms with Crippen LogP contribution in [0.4, 0.5) is 0 Å². The Kier molecular flexibility index (Phi) is 35.0. The minimum Gasteiger partial charge on any atom is -1.00 e. The number of likely N-dealkylation sites (N-methyl/N-ethyl adjacent to an activating group) is 1. The normalized spacial score (nSPS) is 11.2. The fourth-order valence-corrected chi connectivity index (χ4v) is 4.50. The number of quaternary nitrogens is 2. The molecule has 0 aliphatic heterocycles. The van der Waals surface area contributed by atoms with Crippen molar-refractivity contribution >= 4 is 0 Å². The number of halogens is 2.